The Bertz CT molecular complexity index is 1740. The summed E-state index contributed by atoms with van der Waals surface area (Å²) in [5.41, 5.74) is -2.21. The van der Waals surface area contributed by atoms with Gasteiger partial charge in [0.1, 0.15) is 17.5 Å². The molecule has 0 unspecified atom stereocenters. The molecule has 0 saturated heterocycles. The van der Waals surface area contributed by atoms with Crippen LogP contribution in [0.2, 0.25) is 0 Å². The van der Waals surface area contributed by atoms with Crippen molar-refractivity contribution in [3.05, 3.63) is 82.9 Å². The molecule has 0 bridgehead atoms. The Balaban J connectivity index is 1.43. The average Bonchev–Trinajstić information content (AvgIpc) is 3.48. The van der Waals surface area contributed by atoms with E-state index in [4.69, 9.17) is 4.74 Å². The maximum absolute atomic E-state index is 15.0. The second kappa shape index (κ2) is 9.66. The van der Waals surface area contributed by atoms with Crippen LogP contribution >= 0.6 is 0 Å². The van der Waals surface area contributed by atoms with Crippen LogP contribution in [0, 0.1) is 5.82 Å². The standard InChI is InChI=1S/C24H18F4N8O3/c1-12(2)35-19-18(5-6-31-21(19)34-23(35)38)39-17-4-3-13(7-16(17)25)33-22(37)15-10-32-36(20(15)24(26,27)28)14-8-29-11-30-9-14/h3-12H,1-2H3,(H,33,37)(H,31,34,38). The lowest BCUT2D eigenvalue weighted by Crippen LogP contribution is -2.21. The van der Waals surface area contributed by atoms with Crippen molar-refractivity contribution in [1.29, 1.82) is 0 Å². The number of carbonyl (C=O) groups excluding carboxylic acids is 1. The van der Waals surface area contributed by atoms with E-state index in [0.29, 0.717) is 10.2 Å². The maximum Gasteiger partial charge on any atom is 0.434 e. The first kappa shape index (κ1) is 25.6. The summed E-state index contributed by atoms with van der Waals surface area (Å²) in [5, 5.41) is 5.91. The van der Waals surface area contributed by atoms with E-state index in [1.165, 1.54) is 29.0 Å². The Morgan fingerprint density at radius 1 is 1.10 bits per heavy atom. The molecule has 1 aromatic carbocycles. The molecule has 15 heteroatoms. The summed E-state index contributed by atoms with van der Waals surface area (Å²) in [4.78, 5) is 39.1. The minimum absolute atomic E-state index is 0.105. The highest BCUT2D eigenvalue weighted by molar-refractivity contribution is 6.05. The number of pyridine rings is 1. The number of carbonyl (C=O) groups is 1. The Morgan fingerprint density at radius 3 is 2.51 bits per heavy atom. The van der Waals surface area contributed by atoms with Gasteiger partial charge in [0.2, 0.25) is 0 Å². The predicted octanol–water partition coefficient (Wildman–Crippen LogP) is 4.48. The lowest BCUT2D eigenvalue weighted by atomic mass is 10.2. The van der Waals surface area contributed by atoms with Crippen molar-refractivity contribution < 1.29 is 27.1 Å². The van der Waals surface area contributed by atoms with Crippen LogP contribution in [0.5, 0.6) is 11.5 Å². The van der Waals surface area contributed by atoms with Gasteiger partial charge in [0, 0.05) is 30.1 Å². The summed E-state index contributed by atoms with van der Waals surface area (Å²) in [6, 6.07) is 4.54. The van der Waals surface area contributed by atoms with Crippen LogP contribution in [0.1, 0.15) is 35.9 Å². The largest absolute Gasteiger partial charge is 0.452 e. The molecule has 200 valence electrons. The summed E-state index contributed by atoms with van der Waals surface area (Å²) in [7, 11) is 0. The van der Waals surface area contributed by atoms with Crippen molar-refractivity contribution in [2.45, 2.75) is 26.1 Å². The molecule has 0 radical (unpaired) electrons. The summed E-state index contributed by atoms with van der Waals surface area (Å²) in [6.45, 7) is 3.57. The van der Waals surface area contributed by atoms with E-state index in [9.17, 15) is 27.2 Å². The summed E-state index contributed by atoms with van der Waals surface area (Å²) in [5.74, 6) is -2.19. The molecule has 0 spiro atoms. The number of nitrogens with zero attached hydrogens (tertiary/aromatic N) is 6. The number of nitrogens with one attached hydrogen (secondary N) is 2. The number of H-pyrrole nitrogens is 1. The zero-order valence-corrected chi connectivity index (χ0v) is 20.2. The maximum atomic E-state index is 15.0. The second-order valence-electron chi connectivity index (χ2n) is 8.51. The number of aromatic nitrogens is 7. The van der Waals surface area contributed by atoms with Gasteiger partial charge in [-0.2, -0.15) is 18.3 Å². The van der Waals surface area contributed by atoms with Crippen LogP contribution in [-0.2, 0) is 6.18 Å². The molecule has 5 aromatic rings. The predicted molar refractivity (Wildman–Crippen MR) is 129 cm³/mol. The van der Waals surface area contributed by atoms with E-state index in [-0.39, 0.29) is 34.6 Å². The van der Waals surface area contributed by atoms with E-state index >= 15 is 0 Å². The van der Waals surface area contributed by atoms with E-state index in [0.717, 1.165) is 31.0 Å². The first-order valence-corrected chi connectivity index (χ1v) is 11.3. The van der Waals surface area contributed by atoms with Crippen molar-refractivity contribution in [1.82, 2.24) is 34.3 Å². The molecule has 39 heavy (non-hydrogen) atoms. The van der Waals surface area contributed by atoms with Gasteiger partial charge in [-0.25, -0.2) is 28.8 Å². The molecule has 0 aliphatic carbocycles. The highest BCUT2D eigenvalue weighted by atomic mass is 19.4. The summed E-state index contributed by atoms with van der Waals surface area (Å²) >= 11 is 0. The van der Waals surface area contributed by atoms with Crippen LogP contribution in [0.3, 0.4) is 0 Å². The third kappa shape index (κ3) is 4.81. The van der Waals surface area contributed by atoms with Crippen molar-refractivity contribution in [2.75, 3.05) is 5.32 Å². The van der Waals surface area contributed by atoms with Gasteiger partial charge < -0.3 is 10.1 Å². The Labute approximate surface area is 216 Å². The van der Waals surface area contributed by atoms with Crippen molar-refractivity contribution in [3.8, 4) is 17.2 Å². The molecule has 0 aliphatic rings. The molecule has 0 aliphatic heterocycles. The van der Waals surface area contributed by atoms with Crippen LogP contribution in [-0.4, -0.2) is 40.2 Å². The number of alkyl halides is 3. The number of hydrogen-bond acceptors (Lipinski definition) is 7. The van der Waals surface area contributed by atoms with E-state index < -0.39 is 34.8 Å². The zero-order valence-electron chi connectivity index (χ0n) is 20.2. The first-order chi connectivity index (χ1) is 18.5. The average molecular weight is 542 g/mol. The fourth-order valence-electron chi connectivity index (χ4n) is 3.96. The van der Waals surface area contributed by atoms with Gasteiger partial charge in [-0.05, 0) is 26.0 Å². The summed E-state index contributed by atoms with van der Waals surface area (Å²) in [6.07, 6.45) is 0.524. The monoisotopic (exact) mass is 542 g/mol. The SMILES string of the molecule is CC(C)n1c(=O)[nH]c2nccc(Oc3ccc(NC(=O)c4cnn(-c5cncnc5)c4C(F)(F)F)cc3F)c21. The fraction of sp³-hybridized carbons (Fsp3) is 0.167. The second-order valence-corrected chi connectivity index (χ2v) is 8.51. The number of anilines is 1. The molecule has 0 fully saturated rings. The lowest BCUT2D eigenvalue weighted by Gasteiger charge is -2.13. The van der Waals surface area contributed by atoms with Crippen molar-refractivity contribution in [3.63, 3.8) is 0 Å². The van der Waals surface area contributed by atoms with Gasteiger partial charge in [-0.3, -0.25) is 14.3 Å². The van der Waals surface area contributed by atoms with Gasteiger partial charge >= 0.3 is 11.9 Å². The summed E-state index contributed by atoms with van der Waals surface area (Å²) < 4.78 is 64.1. The zero-order chi connectivity index (χ0) is 27.9. The van der Waals surface area contributed by atoms with E-state index in [1.54, 1.807) is 13.8 Å². The molecular formula is C24H18F4N8O3. The topological polar surface area (TPSA) is 133 Å². The lowest BCUT2D eigenvalue weighted by molar-refractivity contribution is -0.143. The molecule has 4 aromatic heterocycles. The highest BCUT2D eigenvalue weighted by Gasteiger charge is 2.40. The fourth-order valence-corrected chi connectivity index (χ4v) is 3.96. The number of aromatic amines is 1. The molecule has 0 atom stereocenters. The minimum atomic E-state index is -4.95. The Hall–Kier alpha value is -5.08. The van der Waals surface area contributed by atoms with E-state index in [1.807, 2.05) is 0 Å². The number of fused-ring (bicyclic) bond motifs is 1. The first-order valence-electron chi connectivity index (χ1n) is 11.3. The Kier molecular flexibility index (Phi) is 6.33. The molecule has 1 amide bonds. The molecule has 5 rings (SSSR count). The smallest absolute Gasteiger partial charge is 0.434 e. The number of rotatable bonds is 6. The normalized spacial score (nSPS) is 11.8. The van der Waals surface area contributed by atoms with Crippen molar-refractivity contribution >= 4 is 22.8 Å². The number of ether oxygens (including phenoxy) is 1. The molecule has 11 nitrogen and oxygen atoms in total. The molecule has 4 heterocycles. The van der Waals surface area contributed by atoms with Gasteiger partial charge in [0.25, 0.3) is 5.91 Å². The van der Waals surface area contributed by atoms with Crippen molar-refractivity contribution in [2.24, 2.45) is 0 Å². The Morgan fingerprint density at radius 2 is 1.85 bits per heavy atom. The number of halogens is 4. The van der Waals surface area contributed by atoms with Gasteiger partial charge in [-0.15, -0.1) is 0 Å². The number of amides is 1. The molecule has 0 saturated carbocycles. The van der Waals surface area contributed by atoms with Gasteiger partial charge in [0.15, 0.2) is 28.7 Å². The number of imidazole rings is 1. The molecule has 2 N–H and O–H groups in total. The van der Waals surface area contributed by atoms with Gasteiger partial charge in [-0.1, -0.05) is 0 Å². The van der Waals surface area contributed by atoms with Crippen LogP contribution in [0.4, 0.5) is 23.2 Å². The van der Waals surface area contributed by atoms with E-state index in [2.05, 4.69) is 30.4 Å². The van der Waals surface area contributed by atoms with Crippen LogP contribution < -0.4 is 15.7 Å². The number of hydrogen-bond donors (Lipinski definition) is 2. The third-order valence-electron chi connectivity index (χ3n) is 5.57. The highest BCUT2D eigenvalue weighted by Crippen LogP contribution is 2.35. The molecular weight excluding hydrogens is 524 g/mol. The van der Waals surface area contributed by atoms with Crippen LogP contribution in [0.25, 0.3) is 16.9 Å². The third-order valence-corrected chi connectivity index (χ3v) is 5.57. The number of benzene rings is 1. The van der Waals surface area contributed by atoms with Crippen LogP contribution in [0.15, 0.2) is 60.2 Å². The van der Waals surface area contributed by atoms with Gasteiger partial charge in [0.05, 0.1) is 24.2 Å². The minimum Gasteiger partial charge on any atom is -0.452 e. The quantitative estimate of drug-likeness (QED) is 0.302.